The van der Waals surface area contributed by atoms with Gasteiger partial charge in [-0.25, -0.2) is 4.98 Å². The third kappa shape index (κ3) is 4.38. The van der Waals surface area contributed by atoms with E-state index in [1.54, 1.807) is 6.07 Å². The van der Waals surface area contributed by atoms with E-state index in [1.807, 2.05) is 85.1 Å². The van der Waals surface area contributed by atoms with Gasteiger partial charge < -0.3 is 9.67 Å². The Morgan fingerprint density at radius 1 is 0.944 bits per heavy atom. The summed E-state index contributed by atoms with van der Waals surface area (Å²) in [5.74, 6) is -0.451. The summed E-state index contributed by atoms with van der Waals surface area (Å²) in [6.45, 7) is 6.74. The van der Waals surface area contributed by atoms with Crippen LogP contribution in [0.3, 0.4) is 0 Å². The molecule has 0 spiro atoms. The highest BCUT2D eigenvalue weighted by Crippen LogP contribution is 2.40. The van der Waals surface area contributed by atoms with Gasteiger partial charge in [-0.2, -0.15) is 0 Å². The highest BCUT2D eigenvalue weighted by atomic mass is 16.3. The van der Waals surface area contributed by atoms with Gasteiger partial charge in [0.1, 0.15) is 0 Å². The van der Waals surface area contributed by atoms with Gasteiger partial charge in [-0.15, -0.1) is 10.2 Å². The van der Waals surface area contributed by atoms with Gasteiger partial charge in [-0.3, -0.25) is 4.79 Å². The second-order valence-electron chi connectivity index (χ2n) is 9.14. The van der Waals surface area contributed by atoms with Crippen LogP contribution in [0.2, 0.25) is 0 Å². The second kappa shape index (κ2) is 9.74. The zero-order valence-corrected chi connectivity index (χ0v) is 20.7. The van der Waals surface area contributed by atoms with Gasteiger partial charge in [-0.05, 0) is 50.6 Å². The van der Waals surface area contributed by atoms with Crippen molar-refractivity contribution in [1.82, 2.24) is 9.55 Å². The summed E-state index contributed by atoms with van der Waals surface area (Å²) >= 11 is 0. The maximum Gasteiger partial charge on any atom is 0.296 e. The topological polar surface area (TPSA) is 79.8 Å². The van der Waals surface area contributed by atoms with Crippen molar-refractivity contribution < 1.29 is 9.90 Å². The summed E-state index contributed by atoms with van der Waals surface area (Å²) in [6.07, 6.45) is 1.92. The zero-order chi connectivity index (χ0) is 25.2. The molecule has 6 heteroatoms. The molecule has 0 saturated carbocycles. The molecule has 180 valence electrons. The Hall–Kier alpha value is -4.32. The summed E-state index contributed by atoms with van der Waals surface area (Å²) in [5.41, 5.74) is 6.02. The second-order valence-corrected chi connectivity index (χ2v) is 9.14. The molecule has 0 saturated heterocycles. The number of pyridine rings is 1. The molecule has 3 aromatic carbocycles. The van der Waals surface area contributed by atoms with Crippen LogP contribution >= 0.6 is 0 Å². The van der Waals surface area contributed by atoms with Crippen molar-refractivity contribution in [1.29, 1.82) is 0 Å². The Morgan fingerprint density at radius 2 is 1.67 bits per heavy atom. The van der Waals surface area contributed by atoms with E-state index in [4.69, 9.17) is 4.98 Å². The van der Waals surface area contributed by atoms with Crippen molar-refractivity contribution in [2.45, 2.75) is 40.2 Å². The minimum Gasteiger partial charge on any atom is -0.493 e. The molecule has 1 amide bonds. The normalized spacial score (nSPS) is 11.6. The van der Waals surface area contributed by atoms with Crippen molar-refractivity contribution in [3.05, 3.63) is 89.5 Å². The van der Waals surface area contributed by atoms with Gasteiger partial charge in [0.25, 0.3) is 5.91 Å². The van der Waals surface area contributed by atoms with E-state index in [1.165, 1.54) is 0 Å². The zero-order valence-electron chi connectivity index (χ0n) is 20.7. The number of amides is 1. The fourth-order valence-electron chi connectivity index (χ4n) is 4.50. The number of unbranched alkanes of at least 4 members (excludes halogenated alkanes) is 1. The number of hydrogen-bond donors (Lipinski definition) is 1. The minimum absolute atomic E-state index is 0.0287. The van der Waals surface area contributed by atoms with Crippen LogP contribution in [-0.4, -0.2) is 20.6 Å². The molecule has 0 atom stereocenters. The summed E-state index contributed by atoms with van der Waals surface area (Å²) < 4.78 is 1.84. The third-order valence-electron chi connectivity index (χ3n) is 6.41. The molecule has 0 aliphatic carbocycles. The van der Waals surface area contributed by atoms with Crippen LogP contribution in [0.5, 0.6) is 5.88 Å². The molecular formula is C30H28N4O2. The van der Waals surface area contributed by atoms with Crippen LogP contribution in [0, 0.1) is 13.8 Å². The smallest absolute Gasteiger partial charge is 0.296 e. The molecule has 0 unspecified atom stereocenters. The number of aromatic nitrogens is 2. The predicted molar refractivity (Wildman–Crippen MR) is 144 cm³/mol. The van der Waals surface area contributed by atoms with E-state index >= 15 is 0 Å². The van der Waals surface area contributed by atoms with E-state index in [2.05, 4.69) is 17.2 Å². The first-order chi connectivity index (χ1) is 17.5. The third-order valence-corrected chi connectivity index (χ3v) is 6.41. The number of azo groups is 1. The molecule has 0 aliphatic heterocycles. The SMILES string of the molecule is CCCCn1c(O)c(N=NC(=O)c2cc(-c3ccccc3)nc3ccc(C)cc23)c2cc(C)ccc21. The molecule has 6 nitrogen and oxygen atoms in total. The average Bonchev–Trinajstić information content (AvgIpc) is 3.15. The minimum atomic E-state index is -0.480. The molecule has 0 aliphatic rings. The van der Waals surface area contributed by atoms with Crippen molar-refractivity contribution in [2.24, 2.45) is 10.2 Å². The lowest BCUT2D eigenvalue weighted by Gasteiger charge is -2.08. The standard InChI is InChI=1S/C30H28N4O2/c1-4-5-15-34-27-14-12-20(3)17-24(27)28(30(34)36)32-33-29(35)23-18-26(21-9-7-6-8-10-21)31-25-13-11-19(2)16-22(23)25/h6-14,16-18,36H,4-5,15H2,1-3H3. The van der Waals surface area contributed by atoms with Crippen LogP contribution < -0.4 is 0 Å². The van der Waals surface area contributed by atoms with Crippen molar-refractivity contribution in [2.75, 3.05) is 0 Å². The molecule has 1 N–H and O–H groups in total. The molecule has 0 bridgehead atoms. The van der Waals surface area contributed by atoms with E-state index < -0.39 is 5.91 Å². The van der Waals surface area contributed by atoms with E-state index in [-0.39, 0.29) is 5.88 Å². The van der Waals surface area contributed by atoms with Gasteiger partial charge in [0.2, 0.25) is 5.88 Å². The van der Waals surface area contributed by atoms with Crippen molar-refractivity contribution >= 4 is 33.4 Å². The first-order valence-electron chi connectivity index (χ1n) is 12.2. The Balaban J connectivity index is 1.61. The van der Waals surface area contributed by atoms with Gasteiger partial charge in [0.05, 0.1) is 22.3 Å². The molecule has 5 aromatic rings. The summed E-state index contributed by atoms with van der Waals surface area (Å²) in [7, 11) is 0. The summed E-state index contributed by atoms with van der Waals surface area (Å²) in [4.78, 5) is 18.2. The van der Waals surface area contributed by atoms with Crippen LogP contribution in [0.1, 0.15) is 41.3 Å². The first kappa shape index (κ1) is 23.4. The lowest BCUT2D eigenvalue weighted by Crippen LogP contribution is -1.99. The number of nitrogens with zero attached hydrogens (tertiary/aromatic N) is 4. The maximum atomic E-state index is 13.4. The first-order valence-corrected chi connectivity index (χ1v) is 12.2. The van der Waals surface area contributed by atoms with Crippen molar-refractivity contribution in [3.8, 4) is 17.1 Å². The Morgan fingerprint density at radius 3 is 2.42 bits per heavy atom. The van der Waals surface area contributed by atoms with Gasteiger partial charge in [0.15, 0.2) is 5.69 Å². The highest BCUT2D eigenvalue weighted by Gasteiger charge is 2.18. The van der Waals surface area contributed by atoms with Gasteiger partial charge in [-0.1, -0.05) is 66.9 Å². The van der Waals surface area contributed by atoms with Crippen LogP contribution in [0.4, 0.5) is 5.69 Å². The number of rotatable bonds is 6. The number of fused-ring (bicyclic) bond motifs is 2. The Kier molecular flexibility index (Phi) is 6.34. The summed E-state index contributed by atoms with van der Waals surface area (Å²) in [6, 6.07) is 23.3. The van der Waals surface area contributed by atoms with Crippen LogP contribution in [0.25, 0.3) is 33.1 Å². The van der Waals surface area contributed by atoms with Crippen LogP contribution in [0.15, 0.2) is 83.0 Å². The highest BCUT2D eigenvalue weighted by molar-refractivity contribution is 6.08. The predicted octanol–water partition coefficient (Wildman–Crippen LogP) is 7.90. The van der Waals surface area contributed by atoms with Gasteiger partial charge in [0, 0.05) is 22.9 Å². The van der Waals surface area contributed by atoms with E-state index in [0.29, 0.717) is 23.5 Å². The molecule has 2 aromatic heterocycles. The number of carbonyl (C=O) groups is 1. The molecular weight excluding hydrogens is 448 g/mol. The summed E-state index contributed by atoms with van der Waals surface area (Å²) in [5, 5.41) is 20.9. The molecule has 2 heterocycles. The number of aromatic hydroxyl groups is 1. The van der Waals surface area contributed by atoms with E-state index in [0.717, 1.165) is 51.3 Å². The lowest BCUT2D eigenvalue weighted by molar-refractivity contribution is 0.0996. The fourth-order valence-corrected chi connectivity index (χ4v) is 4.50. The van der Waals surface area contributed by atoms with E-state index in [9.17, 15) is 9.90 Å². The quantitative estimate of drug-likeness (QED) is 0.253. The largest absolute Gasteiger partial charge is 0.493 e. The number of benzene rings is 3. The van der Waals surface area contributed by atoms with Crippen molar-refractivity contribution in [3.63, 3.8) is 0 Å². The Bertz CT molecular complexity index is 1620. The van der Waals surface area contributed by atoms with Crippen LogP contribution in [-0.2, 0) is 6.54 Å². The molecule has 36 heavy (non-hydrogen) atoms. The fraction of sp³-hybridized carbons (Fsp3) is 0.200. The number of carbonyl (C=O) groups excluding carboxylic acids is 1. The monoisotopic (exact) mass is 476 g/mol. The molecule has 5 rings (SSSR count). The Labute approximate surface area is 210 Å². The maximum absolute atomic E-state index is 13.4. The number of aryl methyl sites for hydroxylation is 3. The van der Waals surface area contributed by atoms with Gasteiger partial charge >= 0.3 is 0 Å². The lowest BCUT2D eigenvalue weighted by atomic mass is 10.0. The molecule has 0 radical (unpaired) electrons. The average molecular weight is 477 g/mol. The molecule has 0 fully saturated rings. The number of hydrogen-bond acceptors (Lipinski definition) is 4.